The molecule has 43 heavy (non-hydrogen) atoms. The summed E-state index contributed by atoms with van der Waals surface area (Å²) >= 11 is 0. The second-order valence-electron chi connectivity index (χ2n) is 11.1. The Balaban J connectivity index is 1.39. The zero-order chi connectivity index (χ0) is 29.9. The summed E-state index contributed by atoms with van der Waals surface area (Å²) in [6, 6.07) is 12.5. The molecule has 3 aromatic heterocycles. The fraction of sp³-hybridized carbons (Fsp3) is 0.258. The number of nitrogens with zero attached hydrogens (tertiary/aromatic N) is 6. The number of phenols is 1. The SMILES string of the molecule is C[C@]1(c2cccc(O)c2)C(=O)Nc2nc(-c3cn4ccnc4c(Cc4ccc(F)cc4)n3)nc(N3CCC(F)(F)CC3)c21. The molecule has 0 aliphatic carbocycles. The van der Waals surface area contributed by atoms with Crippen LogP contribution in [-0.2, 0) is 16.6 Å². The molecule has 1 amide bonds. The second-order valence-corrected chi connectivity index (χ2v) is 11.1. The number of aromatic nitrogens is 5. The molecule has 1 saturated heterocycles. The van der Waals surface area contributed by atoms with Crippen LogP contribution in [-0.4, -0.2) is 54.4 Å². The number of benzene rings is 2. The number of carbonyl (C=O) groups excluding carboxylic acids is 1. The summed E-state index contributed by atoms with van der Waals surface area (Å²) in [4.78, 5) is 34.3. The molecule has 9 nitrogen and oxygen atoms in total. The first-order valence-electron chi connectivity index (χ1n) is 13.8. The molecule has 5 aromatic rings. The van der Waals surface area contributed by atoms with Crippen molar-refractivity contribution in [2.45, 2.75) is 37.5 Å². The number of anilines is 2. The quantitative estimate of drug-likeness (QED) is 0.295. The number of aromatic hydroxyl groups is 1. The van der Waals surface area contributed by atoms with Crippen LogP contribution in [0.1, 0.15) is 42.1 Å². The average Bonchev–Trinajstić information content (AvgIpc) is 3.56. The van der Waals surface area contributed by atoms with Gasteiger partial charge in [-0.1, -0.05) is 24.3 Å². The van der Waals surface area contributed by atoms with Crippen LogP contribution in [0.3, 0.4) is 0 Å². The summed E-state index contributed by atoms with van der Waals surface area (Å²) in [6.07, 6.45) is 4.77. The van der Waals surface area contributed by atoms with E-state index in [0.717, 1.165) is 5.56 Å². The number of imidazole rings is 1. The number of phenolic OH excluding ortho intramolecular Hbond substituents is 1. The van der Waals surface area contributed by atoms with E-state index in [1.807, 2.05) is 0 Å². The summed E-state index contributed by atoms with van der Waals surface area (Å²) in [7, 11) is 0. The van der Waals surface area contributed by atoms with Gasteiger partial charge in [0, 0.05) is 50.9 Å². The summed E-state index contributed by atoms with van der Waals surface area (Å²) in [5.74, 6) is -2.72. The summed E-state index contributed by atoms with van der Waals surface area (Å²) < 4.78 is 43.7. The maximum absolute atomic E-state index is 14.2. The predicted octanol–water partition coefficient (Wildman–Crippen LogP) is 5.12. The lowest BCUT2D eigenvalue weighted by molar-refractivity contribution is -0.119. The van der Waals surface area contributed by atoms with Gasteiger partial charge in [0.25, 0.3) is 5.92 Å². The van der Waals surface area contributed by atoms with Gasteiger partial charge >= 0.3 is 0 Å². The van der Waals surface area contributed by atoms with Gasteiger partial charge in [0.2, 0.25) is 5.91 Å². The number of halogens is 3. The highest BCUT2D eigenvalue weighted by Crippen LogP contribution is 2.48. The van der Waals surface area contributed by atoms with Crippen molar-refractivity contribution in [2.24, 2.45) is 0 Å². The zero-order valence-electron chi connectivity index (χ0n) is 23.1. The Hall–Kier alpha value is -5.00. The van der Waals surface area contributed by atoms with Crippen LogP contribution in [0, 0.1) is 5.82 Å². The monoisotopic (exact) mass is 585 g/mol. The van der Waals surface area contributed by atoms with Gasteiger partial charge in [0.15, 0.2) is 11.5 Å². The number of amides is 1. The minimum atomic E-state index is -2.79. The molecule has 2 aliphatic heterocycles. The number of fused-ring (bicyclic) bond motifs is 2. The second kappa shape index (κ2) is 9.79. The maximum Gasteiger partial charge on any atom is 0.251 e. The Labute approximate surface area is 244 Å². The molecule has 0 unspecified atom stereocenters. The van der Waals surface area contributed by atoms with Crippen LogP contribution in [0.25, 0.3) is 17.2 Å². The van der Waals surface area contributed by atoms with Gasteiger partial charge in [-0.05, 0) is 42.3 Å². The van der Waals surface area contributed by atoms with Gasteiger partial charge in [-0.3, -0.25) is 4.79 Å². The molecular formula is C31H26F3N7O2. The van der Waals surface area contributed by atoms with E-state index < -0.39 is 11.3 Å². The van der Waals surface area contributed by atoms with Crippen LogP contribution < -0.4 is 10.2 Å². The van der Waals surface area contributed by atoms with E-state index in [0.29, 0.717) is 40.4 Å². The van der Waals surface area contributed by atoms with Crippen molar-refractivity contribution in [1.82, 2.24) is 24.3 Å². The molecule has 1 atom stereocenters. The predicted molar refractivity (Wildman–Crippen MR) is 153 cm³/mol. The first-order valence-corrected chi connectivity index (χ1v) is 13.8. The van der Waals surface area contributed by atoms with E-state index in [1.54, 1.807) is 59.1 Å². The third kappa shape index (κ3) is 4.62. The van der Waals surface area contributed by atoms with Crippen LogP contribution in [0.4, 0.5) is 24.8 Å². The topological polar surface area (TPSA) is 109 Å². The van der Waals surface area contributed by atoms with Crippen LogP contribution in [0.5, 0.6) is 5.75 Å². The molecule has 2 aliphatic rings. The van der Waals surface area contributed by atoms with Crippen molar-refractivity contribution in [3.8, 4) is 17.3 Å². The van der Waals surface area contributed by atoms with Gasteiger partial charge in [-0.15, -0.1) is 0 Å². The average molecular weight is 586 g/mol. The molecule has 0 radical (unpaired) electrons. The lowest BCUT2D eigenvalue weighted by Crippen LogP contribution is -2.41. The molecule has 2 N–H and O–H groups in total. The van der Waals surface area contributed by atoms with E-state index in [-0.39, 0.29) is 55.0 Å². The van der Waals surface area contributed by atoms with Crippen LogP contribution in [0.15, 0.2) is 67.1 Å². The number of carbonyl (C=O) groups is 1. The van der Waals surface area contributed by atoms with E-state index >= 15 is 0 Å². The van der Waals surface area contributed by atoms with Gasteiger partial charge in [-0.25, -0.2) is 33.1 Å². The fourth-order valence-electron chi connectivity index (χ4n) is 5.85. The number of rotatable bonds is 5. The highest BCUT2D eigenvalue weighted by molar-refractivity contribution is 6.09. The van der Waals surface area contributed by atoms with E-state index in [1.165, 1.54) is 24.3 Å². The third-order valence-corrected chi connectivity index (χ3v) is 8.25. The van der Waals surface area contributed by atoms with Crippen molar-refractivity contribution in [1.29, 1.82) is 0 Å². The molecule has 12 heteroatoms. The van der Waals surface area contributed by atoms with Crippen LogP contribution in [0.2, 0.25) is 0 Å². The molecule has 2 aromatic carbocycles. The number of hydrogen-bond donors (Lipinski definition) is 2. The minimum Gasteiger partial charge on any atom is -0.508 e. The zero-order valence-corrected chi connectivity index (χ0v) is 23.1. The third-order valence-electron chi connectivity index (χ3n) is 8.25. The Kier molecular flexibility index (Phi) is 6.12. The number of nitrogens with one attached hydrogen (secondary N) is 1. The molecule has 1 fully saturated rings. The Morgan fingerprint density at radius 1 is 1.05 bits per heavy atom. The number of hydrogen-bond acceptors (Lipinski definition) is 7. The minimum absolute atomic E-state index is 0.0109. The van der Waals surface area contributed by atoms with Crippen molar-refractivity contribution in [3.63, 3.8) is 0 Å². The van der Waals surface area contributed by atoms with Gasteiger partial charge in [-0.2, -0.15) is 0 Å². The molecule has 0 spiro atoms. The molecule has 0 bridgehead atoms. The molecule has 218 valence electrons. The van der Waals surface area contributed by atoms with Crippen molar-refractivity contribution < 1.29 is 23.1 Å². The Morgan fingerprint density at radius 2 is 1.81 bits per heavy atom. The Bertz CT molecular complexity index is 1880. The number of alkyl halides is 2. The fourth-order valence-corrected chi connectivity index (χ4v) is 5.85. The van der Waals surface area contributed by atoms with Crippen molar-refractivity contribution in [3.05, 3.63) is 95.3 Å². The summed E-state index contributed by atoms with van der Waals surface area (Å²) in [5.41, 5.74) is 2.10. The largest absolute Gasteiger partial charge is 0.508 e. The lowest BCUT2D eigenvalue weighted by Gasteiger charge is -2.35. The van der Waals surface area contributed by atoms with Gasteiger partial charge in [0.1, 0.15) is 34.3 Å². The van der Waals surface area contributed by atoms with Gasteiger partial charge in [0.05, 0.1) is 11.3 Å². The standard InChI is InChI=1S/C31H26F3N7O2/c1-30(19-3-2-4-21(42)16-19)24-26(39-29(30)43)37-25(38-28(24)40-12-9-31(33,34)10-13-40)23-17-41-14-11-35-27(41)22(36-23)15-18-5-7-20(32)8-6-18/h2-8,11,14,16-17,42H,9-10,12-13,15H2,1H3,(H,37,38,39,43)/t30-/m1/s1. The van der Waals surface area contributed by atoms with Crippen molar-refractivity contribution >= 4 is 23.2 Å². The van der Waals surface area contributed by atoms with Crippen LogP contribution >= 0.6 is 0 Å². The van der Waals surface area contributed by atoms with Crippen molar-refractivity contribution in [2.75, 3.05) is 23.3 Å². The first kappa shape index (κ1) is 26.9. The maximum atomic E-state index is 14.2. The highest BCUT2D eigenvalue weighted by Gasteiger charge is 2.49. The van der Waals surface area contributed by atoms with Gasteiger partial charge < -0.3 is 19.7 Å². The smallest absolute Gasteiger partial charge is 0.251 e. The summed E-state index contributed by atoms with van der Waals surface area (Å²) in [6.45, 7) is 1.78. The normalized spacial score (nSPS) is 19.4. The molecule has 5 heterocycles. The first-order chi connectivity index (χ1) is 20.6. The summed E-state index contributed by atoms with van der Waals surface area (Å²) in [5, 5.41) is 13.1. The molecular weight excluding hydrogens is 559 g/mol. The lowest BCUT2D eigenvalue weighted by atomic mass is 9.77. The number of piperidine rings is 1. The highest BCUT2D eigenvalue weighted by atomic mass is 19.3. The molecule has 0 saturated carbocycles. The molecule has 7 rings (SSSR count). The Morgan fingerprint density at radius 3 is 2.56 bits per heavy atom. The van der Waals surface area contributed by atoms with E-state index in [9.17, 15) is 23.1 Å². The van der Waals surface area contributed by atoms with E-state index in [4.69, 9.17) is 15.0 Å². The van der Waals surface area contributed by atoms with E-state index in [2.05, 4.69) is 10.3 Å².